The Kier molecular flexibility index (Phi) is 6.81. The maximum absolute atomic E-state index is 11.6. The third kappa shape index (κ3) is 6.25. The predicted octanol–water partition coefficient (Wildman–Crippen LogP) is 3.42. The Morgan fingerprint density at radius 2 is 2.10 bits per heavy atom. The molecule has 0 aliphatic rings. The summed E-state index contributed by atoms with van der Waals surface area (Å²) in [5.41, 5.74) is 0.587. The van der Waals surface area contributed by atoms with Gasteiger partial charge in [-0.05, 0) is 40.0 Å². The molecular formula is C13H16BrClN2O3. The lowest BCUT2D eigenvalue weighted by molar-refractivity contribution is -0.115. The molecule has 0 unspecified atom stereocenters. The minimum absolute atomic E-state index is 0.156. The molecule has 0 saturated carbocycles. The zero-order valence-corrected chi connectivity index (χ0v) is 13.5. The van der Waals surface area contributed by atoms with Crippen molar-refractivity contribution in [3.63, 3.8) is 0 Å². The van der Waals surface area contributed by atoms with E-state index in [1.807, 2.05) is 13.8 Å². The lowest BCUT2D eigenvalue weighted by Gasteiger charge is -2.09. The Labute approximate surface area is 131 Å². The number of carbonyl (C=O) groups excluding carboxylic acids is 2. The summed E-state index contributed by atoms with van der Waals surface area (Å²) in [6.45, 7) is 4.02. The van der Waals surface area contributed by atoms with E-state index in [9.17, 15) is 9.59 Å². The zero-order valence-electron chi connectivity index (χ0n) is 11.2. The highest BCUT2D eigenvalue weighted by Crippen LogP contribution is 2.25. The van der Waals surface area contributed by atoms with E-state index >= 15 is 0 Å². The van der Waals surface area contributed by atoms with E-state index in [0.29, 0.717) is 21.8 Å². The van der Waals surface area contributed by atoms with E-state index in [1.54, 1.807) is 18.2 Å². The predicted molar refractivity (Wildman–Crippen MR) is 82.0 cm³/mol. The van der Waals surface area contributed by atoms with Gasteiger partial charge in [-0.1, -0.05) is 25.4 Å². The molecule has 2 N–H and O–H groups in total. The van der Waals surface area contributed by atoms with Gasteiger partial charge in [-0.3, -0.25) is 4.79 Å². The fourth-order valence-electron chi connectivity index (χ4n) is 1.22. The van der Waals surface area contributed by atoms with Gasteiger partial charge in [0.15, 0.2) is 0 Å². The molecule has 0 atom stereocenters. The molecule has 0 radical (unpaired) electrons. The van der Waals surface area contributed by atoms with Crippen molar-refractivity contribution in [2.75, 3.05) is 18.5 Å². The summed E-state index contributed by atoms with van der Waals surface area (Å²) in [7, 11) is 0. The van der Waals surface area contributed by atoms with Gasteiger partial charge in [0.05, 0.1) is 11.6 Å². The lowest BCUT2D eigenvalue weighted by atomic mass is 10.2. The van der Waals surface area contributed by atoms with E-state index in [-0.39, 0.29) is 18.4 Å². The second kappa shape index (κ2) is 8.11. The van der Waals surface area contributed by atoms with Gasteiger partial charge in [0, 0.05) is 10.2 Å². The summed E-state index contributed by atoms with van der Waals surface area (Å²) >= 11 is 9.11. The Morgan fingerprint density at radius 3 is 2.70 bits per heavy atom. The highest BCUT2D eigenvalue weighted by Gasteiger charge is 2.08. The Hall–Kier alpha value is -1.27. The number of ether oxygens (including phenoxy) is 1. The molecular weight excluding hydrogens is 348 g/mol. The molecule has 1 aromatic rings. The zero-order chi connectivity index (χ0) is 15.1. The van der Waals surface area contributed by atoms with Crippen LogP contribution < -0.4 is 10.6 Å². The number of amides is 2. The van der Waals surface area contributed by atoms with Gasteiger partial charge < -0.3 is 15.4 Å². The monoisotopic (exact) mass is 362 g/mol. The number of nitrogens with one attached hydrogen (secondary N) is 2. The summed E-state index contributed by atoms with van der Waals surface area (Å²) in [4.78, 5) is 22.9. The van der Waals surface area contributed by atoms with Crippen molar-refractivity contribution in [1.29, 1.82) is 0 Å². The first-order valence-electron chi connectivity index (χ1n) is 6.04. The molecule has 110 valence electrons. The van der Waals surface area contributed by atoms with Crippen molar-refractivity contribution in [2.45, 2.75) is 13.8 Å². The molecule has 0 aliphatic heterocycles. The van der Waals surface area contributed by atoms with Crippen molar-refractivity contribution in [3.8, 4) is 0 Å². The summed E-state index contributed by atoms with van der Waals surface area (Å²) in [5, 5.41) is 5.56. The molecule has 5 nitrogen and oxygen atoms in total. The molecule has 1 rings (SSSR count). The van der Waals surface area contributed by atoms with Crippen LogP contribution in [-0.2, 0) is 9.53 Å². The number of benzene rings is 1. The molecule has 7 heteroatoms. The van der Waals surface area contributed by atoms with Crippen molar-refractivity contribution < 1.29 is 14.3 Å². The first kappa shape index (κ1) is 16.8. The van der Waals surface area contributed by atoms with Crippen LogP contribution in [0.25, 0.3) is 0 Å². The van der Waals surface area contributed by atoms with Crippen LogP contribution in [0.4, 0.5) is 10.5 Å². The summed E-state index contributed by atoms with van der Waals surface area (Å²) < 4.78 is 5.57. The van der Waals surface area contributed by atoms with Crippen LogP contribution in [0.3, 0.4) is 0 Å². The molecule has 2 amide bonds. The second-order valence-corrected chi connectivity index (χ2v) is 5.78. The minimum atomic E-state index is -0.605. The van der Waals surface area contributed by atoms with Crippen molar-refractivity contribution in [1.82, 2.24) is 5.32 Å². The van der Waals surface area contributed by atoms with Gasteiger partial charge in [-0.2, -0.15) is 0 Å². The topological polar surface area (TPSA) is 67.4 Å². The molecule has 20 heavy (non-hydrogen) atoms. The average molecular weight is 364 g/mol. The minimum Gasteiger partial charge on any atom is -0.449 e. The normalized spacial score (nSPS) is 10.2. The molecule has 0 saturated heterocycles. The number of alkyl carbamates (subject to hydrolysis) is 1. The SMILES string of the molecule is CC(C)COC(=O)NCC(=O)Nc1ccc(Cl)c(Br)c1. The fraction of sp³-hybridized carbons (Fsp3) is 0.385. The van der Waals surface area contributed by atoms with E-state index in [4.69, 9.17) is 16.3 Å². The van der Waals surface area contributed by atoms with Crippen LogP contribution in [-0.4, -0.2) is 25.2 Å². The van der Waals surface area contributed by atoms with E-state index in [0.717, 1.165) is 0 Å². The van der Waals surface area contributed by atoms with Crippen LogP contribution >= 0.6 is 27.5 Å². The second-order valence-electron chi connectivity index (χ2n) is 4.52. The Balaban J connectivity index is 2.36. The number of hydrogen-bond acceptors (Lipinski definition) is 3. The standard InChI is InChI=1S/C13H16BrClN2O3/c1-8(2)7-20-13(19)16-6-12(18)17-9-3-4-11(15)10(14)5-9/h3-5,8H,6-7H2,1-2H3,(H,16,19)(H,17,18). The van der Waals surface area contributed by atoms with Crippen molar-refractivity contribution >= 4 is 45.2 Å². The number of anilines is 1. The third-order valence-electron chi connectivity index (χ3n) is 2.14. The summed E-state index contributed by atoms with van der Waals surface area (Å²) in [6, 6.07) is 5.00. The molecule has 0 spiro atoms. The maximum atomic E-state index is 11.6. The smallest absolute Gasteiger partial charge is 0.407 e. The van der Waals surface area contributed by atoms with Gasteiger partial charge in [0.25, 0.3) is 0 Å². The van der Waals surface area contributed by atoms with E-state index in [2.05, 4.69) is 26.6 Å². The van der Waals surface area contributed by atoms with Gasteiger partial charge in [0.2, 0.25) is 5.91 Å². The average Bonchev–Trinajstić information content (AvgIpc) is 2.38. The van der Waals surface area contributed by atoms with Crippen LogP contribution in [0.1, 0.15) is 13.8 Å². The number of hydrogen-bond donors (Lipinski definition) is 2. The highest BCUT2D eigenvalue weighted by molar-refractivity contribution is 9.10. The number of carbonyl (C=O) groups is 2. The Bertz CT molecular complexity index is 495. The van der Waals surface area contributed by atoms with Crippen LogP contribution in [0.5, 0.6) is 0 Å². The first-order chi connectivity index (χ1) is 9.38. The third-order valence-corrected chi connectivity index (χ3v) is 3.36. The van der Waals surface area contributed by atoms with E-state index in [1.165, 1.54) is 0 Å². The lowest BCUT2D eigenvalue weighted by Crippen LogP contribution is -2.33. The van der Waals surface area contributed by atoms with Crippen molar-refractivity contribution in [2.24, 2.45) is 5.92 Å². The molecule has 0 aromatic heterocycles. The molecule has 0 heterocycles. The molecule has 0 aliphatic carbocycles. The van der Waals surface area contributed by atoms with E-state index < -0.39 is 6.09 Å². The summed E-state index contributed by atoms with van der Waals surface area (Å²) in [6.07, 6.45) is -0.605. The quantitative estimate of drug-likeness (QED) is 0.842. The first-order valence-corrected chi connectivity index (χ1v) is 7.21. The number of halogens is 2. The molecule has 0 fully saturated rings. The summed E-state index contributed by atoms with van der Waals surface area (Å²) in [5.74, 6) is -0.0956. The van der Waals surface area contributed by atoms with Crippen LogP contribution in [0.2, 0.25) is 5.02 Å². The van der Waals surface area contributed by atoms with Gasteiger partial charge in [-0.25, -0.2) is 4.79 Å². The van der Waals surface area contributed by atoms with Gasteiger partial charge in [-0.15, -0.1) is 0 Å². The maximum Gasteiger partial charge on any atom is 0.407 e. The molecule has 0 bridgehead atoms. The fourth-order valence-corrected chi connectivity index (χ4v) is 1.72. The van der Waals surface area contributed by atoms with Crippen LogP contribution in [0.15, 0.2) is 22.7 Å². The highest BCUT2D eigenvalue weighted by atomic mass is 79.9. The Morgan fingerprint density at radius 1 is 1.40 bits per heavy atom. The van der Waals surface area contributed by atoms with Crippen LogP contribution in [0, 0.1) is 5.92 Å². The van der Waals surface area contributed by atoms with Gasteiger partial charge >= 0.3 is 6.09 Å². The van der Waals surface area contributed by atoms with Crippen molar-refractivity contribution in [3.05, 3.63) is 27.7 Å². The number of rotatable bonds is 5. The van der Waals surface area contributed by atoms with Gasteiger partial charge in [0.1, 0.15) is 6.54 Å². The largest absolute Gasteiger partial charge is 0.449 e. The molecule has 1 aromatic carbocycles.